The minimum Gasteiger partial charge on any atom is -0.478 e. The zero-order valence-electron chi connectivity index (χ0n) is 15.0. The Bertz CT molecular complexity index is 1070. The summed E-state index contributed by atoms with van der Waals surface area (Å²) in [6, 6.07) is 30.9. The van der Waals surface area contributed by atoms with Crippen LogP contribution in [0.5, 0.6) is 5.75 Å². The van der Waals surface area contributed by atoms with E-state index < -0.39 is 5.97 Å². The molecule has 0 spiro atoms. The van der Waals surface area contributed by atoms with Crippen molar-refractivity contribution in [3.05, 3.63) is 114 Å². The summed E-state index contributed by atoms with van der Waals surface area (Å²) in [5.41, 5.74) is 0.883. The van der Waals surface area contributed by atoms with Crippen molar-refractivity contribution in [3.63, 3.8) is 0 Å². The molecular formula is C24H18O4. The molecule has 0 fully saturated rings. The van der Waals surface area contributed by atoms with Crippen LogP contribution in [0.2, 0.25) is 0 Å². The summed E-state index contributed by atoms with van der Waals surface area (Å²) in [4.78, 5) is 22.1. The first-order chi connectivity index (χ1) is 13.6. The Balaban J connectivity index is 0.000000211. The van der Waals surface area contributed by atoms with E-state index in [0.29, 0.717) is 16.9 Å². The van der Waals surface area contributed by atoms with E-state index >= 15 is 0 Å². The normalized spacial score (nSPS) is 9.86. The molecule has 4 rings (SSSR count). The second-order valence-electron chi connectivity index (χ2n) is 5.94. The average Bonchev–Trinajstić information content (AvgIpc) is 2.75. The molecule has 4 aromatic rings. The highest BCUT2D eigenvalue weighted by molar-refractivity contribution is 5.92. The summed E-state index contributed by atoms with van der Waals surface area (Å²) in [6.45, 7) is 0. The largest absolute Gasteiger partial charge is 0.478 e. The van der Waals surface area contributed by atoms with Gasteiger partial charge in [-0.1, -0.05) is 66.7 Å². The Kier molecular flexibility index (Phi) is 6.16. The van der Waals surface area contributed by atoms with Crippen molar-refractivity contribution >= 4 is 22.7 Å². The summed E-state index contributed by atoms with van der Waals surface area (Å²) < 4.78 is 5.37. The number of aromatic carboxylic acids is 1. The van der Waals surface area contributed by atoms with E-state index in [1.165, 1.54) is 0 Å². The van der Waals surface area contributed by atoms with E-state index in [9.17, 15) is 9.59 Å². The third kappa shape index (κ3) is 5.05. The van der Waals surface area contributed by atoms with Gasteiger partial charge in [0, 0.05) is 0 Å². The third-order valence-electron chi connectivity index (χ3n) is 3.96. The molecule has 0 amide bonds. The van der Waals surface area contributed by atoms with Crippen LogP contribution in [0.25, 0.3) is 10.8 Å². The molecule has 0 aliphatic carbocycles. The number of fused-ring (bicyclic) bond motifs is 1. The molecule has 0 heterocycles. The fourth-order valence-corrected chi connectivity index (χ4v) is 2.55. The van der Waals surface area contributed by atoms with Crippen LogP contribution in [0.3, 0.4) is 0 Å². The maximum Gasteiger partial charge on any atom is 0.343 e. The predicted molar refractivity (Wildman–Crippen MR) is 109 cm³/mol. The lowest BCUT2D eigenvalue weighted by Gasteiger charge is -2.05. The molecule has 0 aliphatic heterocycles. The lowest BCUT2D eigenvalue weighted by Crippen LogP contribution is -2.07. The van der Waals surface area contributed by atoms with Crippen LogP contribution in [0.4, 0.5) is 0 Å². The van der Waals surface area contributed by atoms with Crippen LogP contribution < -0.4 is 4.74 Å². The molecule has 28 heavy (non-hydrogen) atoms. The van der Waals surface area contributed by atoms with Gasteiger partial charge >= 0.3 is 11.9 Å². The highest BCUT2D eigenvalue weighted by atomic mass is 16.5. The van der Waals surface area contributed by atoms with Gasteiger partial charge in [0.15, 0.2) is 0 Å². The Morgan fingerprint density at radius 1 is 0.607 bits per heavy atom. The smallest absolute Gasteiger partial charge is 0.343 e. The molecule has 0 aliphatic rings. The monoisotopic (exact) mass is 370 g/mol. The second kappa shape index (κ2) is 9.14. The minimum atomic E-state index is -0.879. The van der Waals surface area contributed by atoms with Gasteiger partial charge in [0.2, 0.25) is 0 Å². The van der Waals surface area contributed by atoms with Crippen molar-refractivity contribution in [3.8, 4) is 5.75 Å². The molecular weight excluding hydrogens is 352 g/mol. The van der Waals surface area contributed by atoms with Gasteiger partial charge in [-0.3, -0.25) is 0 Å². The summed E-state index contributed by atoms with van der Waals surface area (Å²) in [7, 11) is 0. The fraction of sp³-hybridized carbons (Fsp3) is 0. The molecule has 0 bridgehead atoms. The summed E-state index contributed by atoms with van der Waals surface area (Å²) in [6.07, 6.45) is 0. The van der Waals surface area contributed by atoms with Gasteiger partial charge in [0.05, 0.1) is 11.1 Å². The van der Waals surface area contributed by atoms with Crippen LogP contribution in [0.15, 0.2) is 103 Å². The number of hydrogen-bond donors (Lipinski definition) is 1. The van der Waals surface area contributed by atoms with E-state index in [1.807, 2.05) is 60.7 Å². The average molecular weight is 370 g/mol. The van der Waals surface area contributed by atoms with Crippen LogP contribution in [0, 0.1) is 0 Å². The zero-order valence-corrected chi connectivity index (χ0v) is 15.0. The Hall–Kier alpha value is -3.92. The number of benzene rings is 4. The van der Waals surface area contributed by atoms with Crippen LogP contribution in [-0.2, 0) is 0 Å². The van der Waals surface area contributed by atoms with Crippen molar-refractivity contribution in [2.24, 2.45) is 0 Å². The van der Waals surface area contributed by atoms with Gasteiger partial charge in [-0.25, -0.2) is 9.59 Å². The zero-order chi connectivity index (χ0) is 19.8. The fourth-order valence-electron chi connectivity index (χ4n) is 2.55. The number of carboxylic acid groups (broad SMARTS) is 1. The van der Waals surface area contributed by atoms with Gasteiger partial charge in [0.25, 0.3) is 0 Å². The quantitative estimate of drug-likeness (QED) is 0.385. The van der Waals surface area contributed by atoms with Crippen molar-refractivity contribution in [2.75, 3.05) is 0 Å². The van der Waals surface area contributed by atoms with Crippen LogP contribution in [-0.4, -0.2) is 17.0 Å². The molecule has 4 aromatic carbocycles. The lowest BCUT2D eigenvalue weighted by atomic mass is 10.1. The van der Waals surface area contributed by atoms with E-state index in [4.69, 9.17) is 9.84 Å². The number of carbonyl (C=O) groups excluding carboxylic acids is 1. The Morgan fingerprint density at radius 3 is 1.71 bits per heavy atom. The molecule has 138 valence electrons. The van der Waals surface area contributed by atoms with Crippen LogP contribution >= 0.6 is 0 Å². The van der Waals surface area contributed by atoms with Gasteiger partial charge in [-0.05, 0) is 47.2 Å². The third-order valence-corrected chi connectivity index (χ3v) is 3.96. The number of carbonyl (C=O) groups is 2. The Morgan fingerprint density at radius 2 is 1.14 bits per heavy atom. The van der Waals surface area contributed by atoms with Crippen molar-refractivity contribution in [1.82, 2.24) is 0 Å². The maximum atomic E-state index is 11.9. The first-order valence-corrected chi connectivity index (χ1v) is 8.68. The number of carboxylic acids is 1. The van der Waals surface area contributed by atoms with Crippen molar-refractivity contribution < 1.29 is 19.4 Å². The van der Waals surface area contributed by atoms with E-state index in [0.717, 1.165) is 10.8 Å². The second-order valence-corrected chi connectivity index (χ2v) is 5.94. The molecule has 0 aromatic heterocycles. The number of esters is 1. The SMILES string of the molecule is O=C(O)c1ccccc1.O=C(Oc1ccc2ccccc2c1)c1ccccc1. The molecule has 1 N–H and O–H groups in total. The van der Waals surface area contributed by atoms with Gasteiger partial charge in [-0.15, -0.1) is 0 Å². The highest BCUT2D eigenvalue weighted by Crippen LogP contribution is 2.21. The van der Waals surface area contributed by atoms with Gasteiger partial charge in [0.1, 0.15) is 5.75 Å². The first-order valence-electron chi connectivity index (χ1n) is 8.68. The molecule has 0 atom stereocenters. The highest BCUT2D eigenvalue weighted by Gasteiger charge is 2.07. The van der Waals surface area contributed by atoms with E-state index in [2.05, 4.69) is 0 Å². The Labute approximate surface area is 162 Å². The molecule has 0 saturated carbocycles. The molecule has 4 nitrogen and oxygen atoms in total. The molecule has 0 unspecified atom stereocenters. The lowest BCUT2D eigenvalue weighted by molar-refractivity contribution is 0.0694. The topological polar surface area (TPSA) is 63.6 Å². The molecule has 0 radical (unpaired) electrons. The van der Waals surface area contributed by atoms with E-state index in [-0.39, 0.29) is 5.97 Å². The molecule has 4 heteroatoms. The van der Waals surface area contributed by atoms with Crippen molar-refractivity contribution in [1.29, 1.82) is 0 Å². The number of rotatable bonds is 3. The van der Waals surface area contributed by atoms with Gasteiger partial charge < -0.3 is 9.84 Å². The van der Waals surface area contributed by atoms with Crippen molar-refractivity contribution in [2.45, 2.75) is 0 Å². The number of ether oxygens (including phenoxy) is 1. The van der Waals surface area contributed by atoms with Gasteiger partial charge in [-0.2, -0.15) is 0 Å². The minimum absolute atomic E-state index is 0.331. The van der Waals surface area contributed by atoms with Crippen LogP contribution in [0.1, 0.15) is 20.7 Å². The standard InChI is InChI=1S/C17H12O2.C7H6O2/c18-17(14-7-2-1-3-8-14)19-16-11-10-13-6-4-5-9-15(13)12-16;8-7(9)6-4-2-1-3-5-6/h1-12H;1-5H,(H,8,9). The summed E-state index contributed by atoms with van der Waals surface area (Å²) in [5.74, 6) is -0.654. The summed E-state index contributed by atoms with van der Waals surface area (Å²) in [5, 5.41) is 10.6. The summed E-state index contributed by atoms with van der Waals surface area (Å²) >= 11 is 0. The predicted octanol–water partition coefficient (Wildman–Crippen LogP) is 5.44. The number of hydrogen-bond acceptors (Lipinski definition) is 3. The van der Waals surface area contributed by atoms with E-state index in [1.54, 1.807) is 42.5 Å². The maximum absolute atomic E-state index is 11.9. The molecule has 0 saturated heterocycles. The first kappa shape index (κ1) is 18.9.